The lowest BCUT2D eigenvalue weighted by Gasteiger charge is -2.16. The molecule has 1 aromatic carbocycles. The Labute approximate surface area is 110 Å². The van der Waals surface area contributed by atoms with E-state index in [9.17, 15) is 9.59 Å². The monoisotopic (exact) mass is 267 g/mol. The summed E-state index contributed by atoms with van der Waals surface area (Å²) >= 11 is 6.02. The minimum atomic E-state index is -0.511. The summed E-state index contributed by atoms with van der Waals surface area (Å²) in [5.74, 6) is -0.101. The number of hydrogen-bond acceptors (Lipinski definition) is 3. The van der Waals surface area contributed by atoms with E-state index in [1.807, 2.05) is 13.8 Å². The van der Waals surface area contributed by atoms with E-state index in [4.69, 9.17) is 16.3 Å². The van der Waals surface area contributed by atoms with E-state index < -0.39 is 11.7 Å². The van der Waals surface area contributed by atoms with Crippen molar-refractivity contribution in [3.05, 3.63) is 28.8 Å². The van der Waals surface area contributed by atoms with Crippen LogP contribution in [-0.4, -0.2) is 24.0 Å². The van der Waals surface area contributed by atoms with Gasteiger partial charge in [0.1, 0.15) is 5.60 Å². The molecule has 1 amide bonds. The number of ether oxygens (including phenoxy) is 1. The molecular weight excluding hydrogens is 254 g/mol. The van der Waals surface area contributed by atoms with Crippen molar-refractivity contribution in [1.82, 2.24) is 0 Å². The van der Waals surface area contributed by atoms with E-state index in [0.717, 1.165) is 0 Å². The molecule has 1 heterocycles. The Balaban J connectivity index is 2.33. The molecule has 4 nitrogen and oxygen atoms in total. The summed E-state index contributed by atoms with van der Waals surface area (Å²) in [6.07, 6.45) is -0.397. The Hall–Kier alpha value is -1.55. The van der Waals surface area contributed by atoms with Crippen LogP contribution in [0, 0.1) is 0 Å². The molecule has 0 bridgehead atoms. The summed E-state index contributed by atoms with van der Waals surface area (Å²) in [6.45, 7) is 5.60. The third-order valence-electron chi connectivity index (χ3n) is 2.77. The second-order valence-corrected chi connectivity index (χ2v) is 5.34. The minimum absolute atomic E-state index is 0.101. The maximum Gasteiger partial charge on any atom is 0.415 e. The topological polar surface area (TPSA) is 46.6 Å². The molecule has 1 aliphatic rings. The van der Waals surface area contributed by atoms with Crippen LogP contribution in [0.5, 0.6) is 0 Å². The summed E-state index contributed by atoms with van der Waals surface area (Å²) in [5, 5.41) is 0.345. The van der Waals surface area contributed by atoms with Crippen LogP contribution < -0.4 is 4.90 Å². The van der Waals surface area contributed by atoms with Gasteiger partial charge in [0, 0.05) is 11.3 Å². The standard InChI is InChI=1S/C13H14ClNO3/c1-8(16)10-5-4-9(6-11(10)14)15-7-13(2,3)18-12(15)17/h4-6H,7H2,1-3H3. The number of benzene rings is 1. The van der Waals surface area contributed by atoms with Crippen molar-refractivity contribution in [2.24, 2.45) is 0 Å². The van der Waals surface area contributed by atoms with Gasteiger partial charge >= 0.3 is 6.09 Å². The van der Waals surface area contributed by atoms with Gasteiger partial charge in [0.2, 0.25) is 0 Å². The number of nitrogens with zero attached hydrogens (tertiary/aromatic N) is 1. The van der Waals surface area contributed by atoms with Gasteiger partial charge in [-0.3, -0.25) is 9.69 Å². The second kappa shape index (κ2) is 4.28. The number of rotatable bonds is 2. The predicted octanol–water partition coefficient (Wildman–Crippen LogP) is 3.28. The highest BCUT2D eigenvalue weighted by Crippen LogP contribution is 2.30. The van der Waals surface area contributed by atoms with Gasteiger partial charge in [-0.2, -0.15) is 0 Å². The summed E-state index contributed by atoms with van der Waals surface area (Å²) in [6, 6.07) is 4.94. The highest BCUT2D eigenvalue weighted by atomic mass is 35.5. The minimum Gasteiger partial charge on any atom is -0.441 e. The van der Waals surface area contributed by atoms with Gasteiger partial charge in [0.05, 0.1) is 11.6 Å². The average molecular weight is 268 g/mol. The molecule has 0 aliphatic carbocycles. The van der Waals surface area contributed by atoms with Gasteiger partial charge in [0.25, 0.3) is 0 Å². The van der Waals surface area contributed by atoms with Crippen LogP contribution in [0.3, 0.4) is 0 Å². The van der Waals surface area contributed by atoms with E-state index in [1.165, 1.54) is 11.8 Å². The number of cyclic esters (lactones) is 1. The molecule has 1 aliphatic heterocycles. The maximum absolute atomic E-state index is 11.7. The van der Waals surface area contributed by atoms with Crippen LogP contribution in [0.15, 0.2) is 18.2 Å². The predicted molar refractivity (Wildman–Crippen MR) is 69.4 cm³/mol. The highest BCUT2D eigenvalue weighted by molar-refractivity contribution is 6.34. The Bertz CT molecular complexity index is 525. The molecule has 0 aromatic heterocycles. The summed E-state index contributed by atoms with van der Waals surface area (Å²) in [5.41, 5.74) is 0.579. The number of carbonyl (C=O) groups excluding carboxylic acids is 2. The SMILES string of the molecule is CC(=O)c1ccc(N2CC(C)(C)OC2=O)cc1Cl. The average Bonchev–Trinajstić information content (AvgIpc) is 2.51. The lowest BCUT2D eigenvalue weighted by molar-refractivity contribution is 0.0870. The van der Waals surface area contributed by atoms with Crippen LogP contribution in [0.2, 0.25) is 5.02 Å². The molecule has 2 rings (SSSR count). The zero-order valence-corrected chi connectivity index (χ0v) is 11.2. The highest BCUT2D eigenvalue weighted by Gasteiger charge is 2.38. The maximum atomic E-state index is 11.7. The van der Waals surface area contributed by atoms with Gasteiger partial charge in [-0.05, 0) is 39.0 Å². The van der Waals surface area contributed by atoms with Crippen LogP contribution in [0.25, 0.3) is 0 Å². The first-order valence-corrected chi connectivity index (χ1v) is 5.99. The van der Waals surface area contributed by atoms with Crippen LogP contribution in [0.4, 0.5) is 10.5 Å². The van der Waals surface area contributed by atoms with Gasteiger partial charge in [-0.1, -0.05) is 11.6 Å². The molecule has 96 valence electrons. The Morgan fingerprint density at radius 2 is 2.11 bits per heavy atom. The Morgan fingerprint density at radius 3 is 2.56 bits per heavy atom. The lowest BCUT2D eigenvalue weighted by Crippen LogP contribution is -2.28. The smallest absolute Gasteiger partial charge is 0.415 e. The number of hydrogen-bond donors (Lipinski definition) is 0. The fraction of sp³-hybridized carbons (Fsp3) is 0.385. The van der Waals surface area contributed by atoms with Gasteiger partial charge in [0.15, 0.2) is 5.78 Å². The van der Waals surface area contributed by atoms with Crippen molar-refractivity contribution in [1.29, 1.82) is 0 Å². The van der Waals surface area contributed by atoms with Crippen molar-refractivity contribution >= 4 is 29.2 Å². The molecule has 1 fully saturated rings. The fourth-order valence-corrected chi connectivity index (χ4v) is 2.23. The second-order valence-electron chi connectivity index (χ2n) is 4.93. The van der Waals surface area contributed by atoms with Gasteiger partial charge in [-0.15, -0.1) is 0 Å². The number of ketones is 1. The van der Waals surface area contributed by atoms with Crippen molar-refractivity contribution in [3.63, 3.8) is 0 Å². The van der Waals surface area contributed by atoms with Crippen molar-refractivity contribution in [2.75, 3.05) is 11.4 Å². The van der Waals surface area contributed by atoms with Crippen molar-refractivity contribution in [2.45, 2.75) is 26.4 Å². The summed E-state index contributed by atoms with van der Waals surface area (Å²) in [4.78, 5) is 24.5. The Morgan fingerprint density at radius 1 is 1.44 bits per heavy atom. The third kappa shape index (κ3) is 2.34. The van der Waals surface area contributed by atoms with Crippen LogP contribution >= 0.6 is 11.6 Å². The first kappa shape index (κ1) is 12.9. The van der Waals surface area contributed by atoms with E-state index in [0.29, 0.717) is 22.8 Å². The number of anilines is 1. The van der Waals surface area contributed by atoms with E-state index in [1.54, 1.807) is 18.2 Å². The van der Waals surface area contributed by atoms with Crippen molar-refractivity contribution < 1.29 is 14.3 Å². The quantitative estimate of drug-likeness (QED) is 0.773. The van der Waals surface area contributed by atoms with Gasteiger partial charge < -0.3 is 4.74 Å². The Kier molecular flexibility index (Phi) is 3.07. The molecule has 0 spiro atoms. The normalized spacial score (nSPS) is 17.8. The molecule has 0 saturated carbocycles. The molecule has 0 N–H and O–H groups in total. The summed E-state index contributed by atoms with van der Waals surface area (Å²) in [7, 11) is 0. The van der Waals surface area contributed by atoms with Crippen LogP contribution in [-0.2, 0) is 4.74 Å². The molecular formula is C13H14ClNO3. The van der Waals surface area contributed by atoms with Crippen molar-refractivity contribution in [3.8, 4) is 0 Å². The first-order chi connectivity index (χ1) is 8.30. The molecule has 1 saturated heterocycles. The molecule has 5 heteroatoms. The number of carbonyl (C=O) groups is 2. The number of halogens is 1. The fourth-order valence-electron chi connectivity index (χ4n) is 1.92. The van der Waals surface area contributed by atoms with Gasteiger partial charge in [-0.25, -0.2) is 4.79 Å². The largest absolute Gasteiger partial charge is 0.441 e. The zero-order chi connectivity index (χ0) is 13.5. The number of amides is 1. The zero-order valence-electron chi connectivity index (χ0n) is 10.5. The van der Waals surface area contributed by atoms with Crippen LogP contribution in [0.1, 0.15) is 31.1 Å². The lowest BCUT2D eigenvalue weighted by atomic mass is 10.1. The van der Waals surface area contributed by atoms with E-state index in [2.05, 4.69) is 0 Å². The number of Topliss-reactive ketones (excluding diaryl/α,β-unsaturated/α-hetero) is 1. The molecule has 1 aromatic rings. The summed E-state index contributed by atoms with van der Waals surface area (Å²) < 4.78 is 5.21. The third-order valence-corrected chi connectivity index (χ3v) is 3.08. The molecule has 0 unspecified atom stereocenters. The van der Waals surface area contributed by atoms with E-state index in [-0.39, 0.29) is 5.78 Å². The molecule has 0 radical (unpaired) electrons. The first-order valence-electron chi connectivity index (χ1n) is 5.61. The molecule has 0 atom stereocenters. The van der Waals surface area contributed by atoms with E-state index >= 15 is 0 Å². The molecule has 18 heavy (non-hydrogen) atoms.